The highest BCUT2D eigenvalue weighted by atomic mass is 31.2. The van der Waals surface area contributed by atoms with Crippen molar-refractivity contribution in [3.63, 3.8) is 0 Å². The summed E-state index contributed by atoms with van der Waals surface area (Å²) in [7, 11) is -9.92. The Hall–Kier alpha value is -1.94. The molecule has 0 saturated heterocycles. The zero-order chi connectivity index (χ0) is 72.8. The Kier molecular flexibility index (Phi) is 70.3. The van der Waals surface area contributed by atoms with Gasteiger partial charge in [0.2, 0.25) is 0 Å². The van der Waals surface area contributed by atoms with E-state index in [-0.39, 0.29) is 25.7 Å². The lowest BCUT2D eigenvalue weighted by Crippen LogP contribution is -2.30. The minimum absolute atomic E-state index is 0.106. The third kappa shape index (κ3) is 72.8. The Morgan fingerprint density at radius 1 is 0.293 bits per heavy atom. The molecule has 3 N–H and O–H groups in total. The second-order valence-electron chi connectivity index (χ2n) is 29.5. The molecule has 0 saturated carbocycles. The van der Waals surface area contributed by atoms with Gasteiger partial charge in [0.25, 0.3) is 0 Å². The van der Waals surface area contributed by atoms with E-state index in [1.54, 1.807) is 0 Å². The predicted octanol–water partition coefficient (Wildman–Crippen LogP) is 23.9. The highest BCUT2D eigenvalue weighted by Gasteiger charge is 2.30. The molecule has 19 heteroatoms. The molecule has 99 heavy (non-hydrogen) atoms. The van der Waals surface area contributed by atoms with Crippen molar-refractivity contribution in [1.29, 1.82) is 0 Å². The first-order valence-corrected chi connectivity index (χ1v) is 44.5. The Bertz CT molecular complexity index is 1910. The van der Waals surface area contributed by atoms with E-state index in [1.165, 1.54) is 238 Å². The molecule has 0 bridgehead atoms. The molecule has 0 amide bonds. The topological polar surface area (TPSA) is 237 Å². The average Bonchev–Trinajstić information content (AvgIpc) is 1.22. The van der Waals surface area contributed by atoms with Crippen molar-refractivity contribution < 1.29 is 80.2 Å². The molecule has 0 rings (SSSR count). The number of rotatable bonds is 79. The van der Waals surface area contributed by atoms with E-state index in [1.807, 2.05) is 0 Å². The molecule has 0 fully saturated rings. The molecule has 0 aliphatic carbocycles. The molecule has 588 valence electrons. The number of esters is 4. The molecule has 0 aromatic carbocycles. The Labute approximate surface area is 607 Å². The molecule has 6 atom stereocenters. The monoisotopic (exact) mass is 1450 g/mol. The van der Waals surface area contributed by atoms with Crippen LogP contribution in [0.25, 0.3) is 0 Å². The van der Waals surface area contributed by atoms with E-state index < -0.39 is 97.5 Å². The molecule has 0 heterocycles. The largest absolute Gasteiger partial charge is 0.472 e. The second kappa shape index (κ2) is 71.7. The van der Waals surface area contributed by atoms with Crippen LogP contribution in [0.15, 0.2) is 0 Å². The van der Waals surface area contributed by atoms with Gasteiger partial charge in [0, 0.05) is 25.7 Å². The van der Waals surface area contributed by atoms with E-state index in [0.717, 1.165) is 102 Å². The molecular weight excluding hydrogens is 1290 g/mol. The van der Waals surface area contributed by atoms with Crippen LogP contribution < -0.4 is 0 Å². The summed E-state index contributed by atoms with van der Waals surface area (Å²) < 4.78 is 68.7. The molecule has 0 aromatic heterocycles. The van der Waals surface area contributed by atoms with Crippen LogP contribution >= 0.6 is 15.6 Å². The van der Waals surface area contributed by atoms with E-state index in [0.29, 0.717) is 25.7 Å². The number of unbranched alkanes of at least 4 members (excludes halogenated alkanes) is 48. The van der Waals surface area contributed by atoms with Crippen LogP contribution in [0.3, 0.4) is 0 Å². The van der Waals surface area contributed by atoms with Crippen LogP contribution in [0.2, 0.25) is 0 Å². The van der Waals surface area contributed by atoms with Gasteiger partial charge < -0.3 is 33.8 Å². The predicted molar refractivity (Wildman–Crippen MR) is 405 cm³/mol. The maximum absolute atomic E-state index is 13.1. The highest BCUT2D eigenvalue weighted by molar-refractivity contribution is 7.47. The standard InChI is InChI=1S/C80H156O17P2/c1-7-10-12-14-16-18-20-22-23-24-25-26-27-28-29-35-39-46-52-58-64-79(84)96-75(68-90-78(83)63-57-51-45-38-34-31-30-32-36-42-48-54-60-72(4)5)70-94-98(86,87)92-66-74(81)67-93-99(88,89)95-71-76(97-80(85)65-59-53-47-41-40-43-49-55-61-73(6)9-3)69-91-77(82)62-56-50-44-37-33-21-19-17-15-13-11-8-2/h72-76,81H,7-71H2,1-6H3,(H,86,87)(H,88,89)/t73?,74-,75-,76-/m1/s1. The molecule has 3 unspecified atom stereocenters. The number of carbonyl (C=O) groups excluding carboxylic acids is 4. The smallest absolute Gasteiger partial charge is 0.462 e. The van der Waals surface area contributed by atoms with Crippen LogP contribution in [0.4, 0.5) is 0 Å². The van der Waals surface area contributed by atoms with E-state index >= 15 is 0 Å². The Balaban J connectivity index is 5.24. The second-order valence-corrected chi connectivity index (χ2v) is 32.4. The lowest BCUT2D eigenvalue weighted by atomic mass is 9.99. The molecule has 0 spiro atoms. The van der Waals surface area contributed by atoms with Gasteiger partial charge in [-0.2, -0.15) is 0 Å². The fraction of sp³-hybridized carbons (Fsp3) is 0.950. The van der Waals surface area contributed by atoms with Crippen molar-refractivity contribution in [2.24, 2.45) is 11.8 Å². The van der Waals surface area contributed by atoms with Crippen molar-refractivity contribution in [2.75, 3.05) is 39.6 Å². The number of carbonyl (C=O) groups is 4. The van der Waals surface area contributed by atoms with E-state index in [2.05, 4.69) is 41.5 Å². The number of phosphoric acid groups is 2. The number of phosphoric ester groups is 2. The lowest BCUT2D eigenvalue weighted by molar-refractivity contribution is -0.161. The van der Waals surface area contributed by atoms with Crippen LogP contribution in [0.5, 0.6) is 0 Å². The summed E-state index contributed by atoms with van der Waals surface area (Å²) in [5.74, 6) is -0.559. The molecular formula is C80H156O17P2. The SMILES string of the molecule is CCCCCCCCCCCCCCCCCCCCCCC(=O)O[C@H](COC(=O)CCCCCCCCCCCCCCC(C)C)COP(=O)(O)OC[C@@H](O)COP(=O)(O)OC[C@@H](COC(=O)CCCCCCCCCCCCCC)OC(=O)CCCCCCCCCCC(C)CC. The van der Waals surface area contributed by atoms with E-state index in [9.17, 15) is 43.2 Å². The van der Waals surface area contributed by atoms with Gasteiger partial charge in [-0.05, 0) is 37.5 Å². The molecule has 17 nitrogen and oxygen atoms in total. The number of hydrogen-bond donors (Lipinski definition) is 3. The number of hydrogen-bond acceptors (Lipinski definition) is 15. The first kappa shape index (κ1) is 97.1. The summed E-state index contributed by atoms with van der Waals surface area (Å²) in [5, 5.41) is 10.6. The van der Waals surface area contributed by atoms with Crippen molar-refractivity contribution in [3.8, 4) is 0 Å². The number of aliphatic hydroxyl groups is 1. The first-order chi connectivity index (χ1) is 47.9. The molecule has 0 radical (unpaired) electrons. The number of ether oxygens (including phenoxy) is 4. The normalized spacial score (nSPS) is 14.2. The summed E-state index contributed by atoms with van der Waals surface area (Å²) in [6, 6.07) is 0. The maximum atomic E-state index is 13.1. The fourth-order valence-corrected chi connectivity index (χ4v) is 13.9. The van der Waals surface area contributed by atoms with Gasteiger partial charge in [0.1, 0.15) is 19.3 Å². The zero-order valence-corrected chi connectivity index (χ0v) is 66.6. The van der Waals surface area contributed by atoms with Crippen LogP contribution in [-0.4, -0.2) is 96.7 Å². The van der Waals surface area contributed by atoms with Gasteiger partial charge in [-0.15, -0.1) is 0 Å². The minimum atomic E-state index is -4.96. The third-order valence-electron chi connectivity index (χ3n) is 19.1. The van der Waals surface area contributed by atoms with Crippen molar-refractivity contribution >= 4 is 39.5 Å². The van der Waals surface area contributed by atoms with Gasteiger partial charge in [-0.25, -0.2) is 9.13 Å². The fourth-order valence-electron chi connectivity index (χ4n) is 12.3. The van der Waals surface area contributed by atoms with Gasteiger partial charge >= 0.3 is 39.5 Å². The minimum Gasteiger partial charge on any atom is -0.462 e. The van der Waals surface area contributed by atoms with Gasteiger partial charge in [-0.3, -0.25) is 37.3 Å². The maximum Gasteiger partial charge on any atom is 0.472 e. The van der Waals surface area contributed by atoms with Gasteiger partial charge in [-0.1, -0.05) is 369 Å². The quantitative estimate of drug-likeness (QED) is 0.0222. The summed E-state index contributed by atoms with van der Waals surface area (Å²) in [5.41, 5.74) is 0. The molecule has 0 aromatic rings. The summed E-state index contributed by atoms with van der Waals surface area (Å²) >= 11 is 0. The van der Waals surface area contributed by atoms with Gasteiger partial charge in [0.15, 0.2) is 12.2 Å². The van der Waals surface area contributed by atoms with Crippen molar-refractivity contribution in [3.05, 3.63) is 0 Å². The molecule has 0 aliphatic heterocycles. The van der Waals surface area contributed by atoms with Crippen LogP contribution in [-0.2, 0) is 65.4 Å². The van der Waals surface area contributed by atoms with Crippen LogP contribution in [0, 0.1) is 11.8 Å². The van der Waals surface area contributed by atoms with Crippen molar-refractivity contribution in [1.82, 2.24) is 0 Å². The summed E-state index contributed by atoms with van der Waals surface area (Å²) in [4.78, 5) is 73.0. The lowest BCUT2D eigenvalue weighted by Gasteiger charge is -2.21. The molecule has 0 aliphatic rings. The average molecular weight is 1450 g/mol. The van der Waals surface area contributed by atoms with E-state index in [4.69, 9.17) is 37.0 Å². The van der Waals surface area contributed by atoms with Crippen molar-refractivity contribution in [2.45, 2.75) is 439 Å². The Morgan fingerprint density at radius 2 is 0.515 bits per heavy atom. The highest BCUT2D eigenvalue weighted by Crippen LogP contribution is 2.45. The Morgan fingerprint density at radius 3 is 0.768 bits per heavy atom. The van der Waals surface area contributed by atoms with Gasteiger partial charge in [0.05, 0.1) is 26.4 Å². The van der Waals surface area contributed by atoms with Crippen LogP contribution in [0.1, 0.15) is 420 Å². The number of aliphatic hydroxyl groups excluding tert-OH is 1. The first-order valence-electron chi connectivity index (χ1n) is 41.5. The summed E-state index contributed by atoms with van der Waals surface area (Å²) in [6.07, 6.45) is 61.0. The third-order valence-corrected chi connectivity index (χ3v) is 21.0. The zero-order valence-electron chi connectivity index (χ0n) is 64.8. The summed E-state index contributed by atoms with van der Waals surface area (Å²) in [6.45, 7) is 9.64.